The molecule has 0 aliphatic rings. The number of hydrogen-bond acceptors (Lipinski definition) is 4. The molecule has 100 valence electrons. The molecule has 2 aromatic rings. The van der Waals surface area contributed by atoms with E-state index in [1.165, 1.54) is 16.9 Å². The van der Waals surface area contributed by atoms with Crippen LogP contribution in [0.25, 0.3) is 10.6 Å². The highest BCUT2D eigenvalue weighted by Crippen LogP contribution is 2.26. The van der Waals surface area contributed by atoms with Gasteiger partial charge in [-0.05, 0) is 13.3 Å². The Morgan fingerprint density at radius 3 is 2.68 bits per heavy atom. The van der Waals surface area contributed by atoms with Gasteiger partial charge in [0.25, 0.3) is 0 Å². The van der Waals surface area contributed by atoms with Gasteiger partial charge in [0.15, 0.2) is 0 Å². The molecule has 1 aromatic heterocycles. The maximum Gasteiger partial charge on any atom is 0.226 e. The number of nitrogens with zero attached hydrogens (tertiary/aromatic N) is 2. The molecule has 5 heteroatoms. The van der Waals surface area contributed by atoms with Crippen LogP contribution in [0.1, 0.15) is 31.7 Å². The Kier molecular flexibility index (Phi) is 4.63. The van der Waals surface area contributed by atoms with E-state index < -0.39 is 0 Å². The van der Waals surface area contributed by atoms with Crippen LogP contribution in [0.15, 0.2) is 24.3 Å². The SMILES string of the molecule is CCCCC(=O)Nc1nnc(-c2ccc(C)cc2)s1. The first-order valence-electron chi connectivity index (χ1n) is 6.39. The van der Waals surface area contributed by atoms with Crippen LogP contribution in [0.3, 0.4) is 0 Å². The van der Waals surface area contributed by atoms with E-state index in [1.54, 1.807) is 0 Å². The average molecular weight is 275 g/mol. The normalized spacial score (nSPS) is 10.4. The smallest absolute Gasteiger partial charge is 0.226 e. The van der Waals surface area contributed by atoms with Gasteiger partial charge in [-0.15, -0.1) is 10.2 Å². The molecule has 19 heavy (non-hydrogen) atoms. The van der Waals surface area contributed by atoms with E-state index in [4.69, 9.17) is 0 Å². The van der Waals surface area contributed by atoms with Crippen molar-refractivity contribution >= 4 is 22.4 Å². The lowest BCUT2D eigenvalue weighted by molar-refractivity contribution is -0.116. The summed E-state index contributed by atoms with van der Waals surface area (Å²) >= 11 is 1.40. The number of carbonyl (C=O) groups excluding carboxylic acids is 1. The number of nitrogens with one attached hydrogen (secondary N) is 1. The second kappa shape index (κ2) is 6.43. The Hall–Kier alpha value is -1.75. The first-order chi connectivity index (χ1) is 9.19. The molecule has 1 amide bonds. The van der Waals surface area contributed by atoms with E-state index in [1.807, 2.05) is 31.2 Å². The minimum Gasteiger partial charge on any atom is -0.301 e. The van der Waals surface area contributed by atoms with E-state index in [2.05, 4.69) is 22.4 Å². The number of anilines is 1. The maximum absolute atomic E-state index is 11.6. The monoisotopic (exact) mass is 275 g/mol. The molecule has 0 unspecified atom stereocenters. The summed E-state index contributed by atoms with van der Waals surface area (Å²) in [4.78, 5) is 11.6. The fourth-order valence-corrected chi connectivity index (χ4v) is 2.37. The topological polar surface area (TPSA) is 54.9 Å². The first-order valence-corrected chi connectivity index (χ1v) is 7.21. The molecule has 4 nitrogen and oxygen atoms in total. The highest BCUT2D eigenvalue weighted by Gasteiger charge is 2.09. The molecule has 0 atom stereocenters. The Morgan fingerprint density at radius 1 is 1.26 bits per heavy atom. The number of unbranched alkanes of at least 4 members (excludes halogenated alkanes) is 1. The van der Waals surface area contributed by atoms with Crippen molar-refractivity contribution in [3.8, 4) is 10.6 Å². The zero-order valence-corrected chi connectivity index (χ0v) is 12.0. The summed E-state index contributed by atoms with van der Waals surface area (Å²) in [5, 5.41) is 12.3. The van der Waals surface area contributed by atoms with Gasteiger partial charge in [0, 0.05) is 12.0 Å². The van der Waals surface area contributed by atoms with Crippen LogP contribution >= 0.6 is 11.3 Å². The lowest BCUT2D eigenvalue weighted by Gasteiger charge is -1.98. The number of amides is 1. The highest BCUT2D eigenvalue weighted by atomic mass is 32.1. The van der Waals surface area contributed by atoms with Crippen LogP contribution in [0.4, 0.5) is 5.13 Å². The van der Waals surface area contributed by atoms with E-state index in [-0.39, 0.29) is 5.91 Å². The molecule has 0 aliphatic heterocycles. The van der Waals surface area contributed by atoms with Crippen molar-refractivity contribution in [3.63, 3.8) is 0 Å². The van der Waals surface area contributed by atoms with Gasteiger partial charge in [-0.3, -0.25) is 4.79 Å². The number of hydrogen-bond donors (Lipinski definition) is 1. The van der Waals surface area contributed by atoms with Crippen molar-refractivity contribution in [2.45, 2.75) is 33.1 Å². The Bertz CT molecular complexity index is 548. The van der Waals surface area contributed by atoms with Gasteiger partial charge < -0.3 is 5.32 Å². The van der Waals surface area contributed by atoms with Crippen LogP contribution in [-0.4, -0.2) is 16.1 Å². The maximum atomic E-state index is 11.6. The Balaban J connectivity index is 2.02. The summed E-state index contributed by atoms with van der Waals surface area (Å²) in [6.45, 7) is 4.11. The number of aryl methyl sites for hydroxylation is 1. The fourth-order valence-electron chi connectivity index (χ4n) is 1.61. The third-order valence-corrected chi connectivity index (χ3v) is 3.62. The molecule has 2 rings (SSSR count). The lowest BCUT2D eigenvalue weighted by atomic mass is 10.2. The van der Waals surface area contributed by atoms with Gasteiger partial charge in [-0.2, -0.15) is 0 Å². The second-order valence-electron chi connectivity index (χ2n) is 4.43. The van der Waals surface area contributed by atoms with E-state index in [0.29, 0.717) is 11.6 Å². The number of carbonyl (C=O) groups is 1. The molecule has 0 radical (unpaired) electrons. The minimum atomic E-state index is 0.00783. The minimum absolute atomic E-state index is 0.00783. The molecular formula is C14H17N3OS. The van der Waals surface area contributed by atoms with Crippen LogP contribution in [0, 0.1) is 6.92 Å². The molecule has 1 N–H and O–H groups in total. The molecule has 0 saturated heterocycles. The average Bonchev–Trinajstić information content (AvgIpc) is 2.85. The first kappa shape index (κ1) is 13.7. The predicted octanol–water partition coefficient (Wildman–Crippen LogP) is 3.64. The molecule has 0 aliphatic carbocycles. The fraction of sp³-hybridized carbons (Fsp3) is 0.357. The van der Waals surface area contributed by atoms with Crippen molar-refractivity contribution in [1.82, 2.24) is 10.2 Å². The zero-order chi connectivity index (χ0) is 13.7. The van der Waals surface area contributed by atoms with Gasteiger partial charge in [-0.25, -0.2) is 0 Å². The van der Waals surface area contributed by atoms with Crippen molar-refractivity contribution in [1.29, 1.82) is 0 Å². The van der Waals surface area contributed by atoms with Gasteiger partial charge in [0.05, 0.1) is 0 Å². The third kappa shape index (κ3) is 3.86. The Labute approximate surface area is 116 Å². The van der Waals surface area contributed by atoms with E-state index in [9.17, 15) is 4.79 Å². The standard InChI is InChI=1S/C14H17N3OS/c1-3-4-5-12(18)15-14-17-16-13(19-14)11-8-6-10(2)7-9-11/h6-9H,3-5H2,1-2H3,(H,15,17,18). The van der Waals surface area contributed by atoms with Gasteiger partial charge >= 0.3 is 0 Å². The summed E-state index contributed by atoms with van der Waals surface area (Å²) in [6, 6.07) is 8.10. The summed E-state index contributed by atoms with van der Waals surface area (Å²) in [7, 11) is 0. The van der Waals surface area contributed by atoms with Gasteiger partial charge in [0.2, 0.25) is 11.0 Å². The van der Waals surface area contributed by atoms with Crippen LogP contribution in [0.2, 0.25) is 0 Å². The number of benzene rings is 1. The van der Waals surface area contributed by atoms with Crippen molar-refractivity contribution in [3.05, 3.63) is 29.8 Å². The van der Waals surface area contributed by atoms with Crippen molar-refractivity contribution < 1.29 is 4.79 Å². The quantitative estimate of drug-likeness (QED) is 0.906. The van der Waals surface area contributed by atoms with E-state index in [0.717, 1.165) is 23.4 Å². The third-order valence-electron chi connectivity index (χ3n) is 2.73. The zero-order valence-electron chi connectivity index (χ0n) is 11.1. The van der Waals surface area contributed by atoms with Gasteiger partial charge in [0.1, 0.15) is 5.01 Å². The molecule has 0 bridgehead atoms. The number of aromatic nitrogens is 2. The summed E-state index contributed by atoms with van der Waals surface area (Å²) in [6.07, 6.45) is 2.45. The van der Waals surface area contributed by atoms with Crippen molar-refractivity contribution in [2.75, 3.05) is 5.32 Å². The Morgan fingerprint density at radius 2 is 2.00 bits per heavy atom. The predicted molar refractivity (Wildman–Crippen MR) is 78.2 cm³/mol. The molecular weight excluding hydrogens is 258 g/mol. The molecule has 1 heterocycles. The summed E-state index contributed by atoms with van der Waals surface area (Å²) in [5.41, 5.74) is 2.23. The molecule has 1 aromatic carbocycles. The number of rotatable bonds is 5. The lowest BCUT2D eigenvalue weighted by Crippen LogP contribution is -2.10. The van der Waals surface area contributed by atoms with Crippen LogP contribution < -0.4 is 5.32 Å². The van der Waals surface area contributed by atoms with Crippen molar-refractivity contribution in [2.24, 2.45) is 0 Å². The van der Waals surface area contributed by atoms with Gasteiger partial charge in [-0.1, -0.05) is 54.5 Å². The van der Waals surface area contributed by atoms with Crippen LogP contribution in [0.5, 0.6) is 0 Å². The summed E-state index contributed by atoms with van der Waals surface area (Å²) < 4.78 is 0. The molecule has 0 saturated carbocycles. The largest absolute Gasteiger partial charge is 0.301 e. The van der Waals surface area contributed by atoms with E-state index >= 15 is 0 Å². The van der Waals surface area contributed by atoms with Crippen LogP contribution in [-0.2, 0) is 4.79 Å². The molecule has 0 spiro atoms. The molecule has 0 fully saturated rings. The second-order valence-corrected chi connectivity index (χ2v) is 5.41. The summed E-state index contributed by atoms with van der Waals surface area (Å²) in [5.74, 6) is 0.00783. The highest BCUT2D eigenvalue weighted by molar-refractivity contribution is 7.18.